The Balaban J connectivity index is 1.91. The number of nitrogens with zero attached hydrogens (tertiary/aromatic N) is 4. The van der Waals surface area contributed by atoms with Crippen LogP contribution >= 0.6 is 11.8 Å². The lowest BCUT2D eigenvalue weighted by Crippen LogP contribution is -2.32. The monoisotopic (exact) mass is 404 g/mol. The summed E-state index contributed by atoms with van der Waals surface area (Å²) in [6.45, 7) is 10.5. The Morgan fingerprint density at radius 3 is 2.31 bits per heavy atom. The molecule has 0 aliphatic rings. The molecule has 6 heteroatoms. The van der Waals surface area contributed by atoms with Gasteiger partial charge in [-0.05, 0) is 19.1 Å². The van der Waals surface area contributed by atoms with E-state index in [4.69, 9.17) is 0 Å². The maximum absolute atomic E-state index is 12.6. The highest BCUT2D eigenvalue weighted by molar-refractivity contribution is 7.99. The predicted molar refractivity (Wildman–Crippen MR) is 119 cm³/mol. The number of carbonyl (C=O) groups is 1. The van der Waals surface area contributed by atoms with Crippen LogP contribution in [-0.2, 0) is 4.79 Å². The van der Waals surface area contributed by atoms with Gasteiger partial charge in [-0.2, -0.15) is 0 Å². The Morgan fingerprint density at radius 2 is 1.69 bits per heavy atom. The van der Waals surface area contributed by atoms with Gasteiger partial charge in [0.1, 0.15) is 0 Å². The largest absolute Gasteiger partial charge is 0.335 e. The molecule has 0 unspecified atom stereocenters. The third kappa shape index (κ3) is 5.03. The fourth-order valence-corrected chi connectivity index (χ4v) is 3.73. The van der Waals surface area contributed by atoms with Gasteiger partial charge in [0.15, 0.2) is 11.0 Å². The first kappa shape index (κ1) is 20.6. The number of thioether (sulfide) groups is 1. The van der Waals surface area contributed by atoms with E-state index in [9.17, 15) is 4.79 Å². The zero-order chi connectivity index (χ0) is 20.6. The lowest BCUT2D eigenvalue weighted by molar-refractivity contribution is -0.127. The van der Waals surface area contributed by atoms with Crippen molar-refractivity contribution in [3.8, 4) is 17.1 Å². The van der Waals surface area contributed by atoms with E-state index in [2.05, 4.69) is 42.4 Å². The van der Waals surface area contributed by atoms with E-state index >= 15 is 0 Å². The topological polar surface area (TPSA) is 51.0 Å². The molecule has 0 spiro atoms. The molecule has 1 heterocycles. The van der Waals surface area contributed by atoms with Gasteiger partial charge in [0.05, 0.1) is 5.75 Å². The first-order valence-corrected chi connectivity index (χ1v) is 10.3. The predicted octanol–water partition coefficient (Wildman–Crippen LogP) is 4.54. The average Bonchev–Trinajstić information content (AvgIpc) is 3.17. The second kappa shape index (κ2) is 9.89. The molecule has 0 aliphatic heterocycles. The quantitative estimate of drug-likeness (QED) is 0.388. The van der Waals surface area contributed by atoms with E-state index < -0.39 is 0 Å². The molecular formula is C23H24N4OS. The zero-order valence-corrected chi connectivity index (χ0v) is 17.3. The summed E-state index contributed by atoms with van der Waals surface area (Å²) in [5.74, 6) is 1.02. The molecule has 3 rings (SSSR count). The summed E-state index contributed by atoms with van der Waals surface area (Å²) < 4.78 is 2.00. The van der Waals surface area contributed by atoms with E-state index in [1.807, 2.05) is 47.0 Å². The lowest BCUT2D eigenvalue weighted by Gasteiger charge is -2.19. The van der Waals surface area contributed by atoms with Crippen molar-refractivity contribution in [1.29, 1.82) is 0 Å². The summed E-state index contributed by atoms with van der Waals surface area (Å²) in [5, 5.41) is 9.47. The number of amides is 1. The van der Waals surface area contributed by atoms with Crippen LogP contribution in [-0.4, -0.2) is 44.4 Å². The molecular weight excluding hydrogens is 380 g/mol. The number of aryl methyl sites for hydroxylation is 1. The Hall–Kier alpha value is -3.12. The minimum absolute atomic E-state index is 0.00881. The third-order valence-electron chi connectivity index (χ3n) is 4.33. The lowest BCUT2D eigenvalue weighted by atomic mass is 10.2. The van der Waals surface area contributed by atoms with Gasteiger partial charge >= 0.3 is 0 Å². The molecule has 3 aromatic rings. The average molecular weight is 405 g/mol. The summed E-state index contributed by atoms with van der Waals surface area (Å²) in [5.41, 5.74) is 3.11. The molecule has 0 radical (unpaired) electrons. The highest BCUT2D eigenvalue weighted by Gasteiger charge is 2.18. The van der Waals surface area contributed by atoms with Gasteiger partial charge in [-0.15, -0.1) is 23.4 Å². The summed E-state index contributed by atoms with van der Waals surface area (Å²) in [6.07, 6.45) is 3.43. The summed E-state index contributed by atoms with van der Waals surface area (Å²) in [7, 11) is 0. The Bertz CT molecular complexity index is 970. The number of rotatable bonds is 9. The minimum Gasteiger partial charge on any atom is -0.335 e. The molecule has 2 aromatic carbocycles. The standard InChI is InChI=1S/C23H24N4OS/c1-4-15-26(16-5-2)21(28)17-29-23-25-24-22(19-9-7-6-8-10-19)27(23)20-13-11-18(3)12-14-20/h4-14H,1-2,15-17H2,3H3. The molecule has 1 amide bonds. The highest BCUT2D eigenvalue weighted by atomic mass is 32.2. The number of aromatic nitrogens is 3. The maximum Gasteiger partial charge on any atom is 0.233 e. The number of hydrogen-bond acceptors (Lipinski definition) is 4. The van der Waals surface area contributed by atoms with Crippen molar-refractivity contribution < 1.29 is 4.79 Å². The summed E-state index contributed by atoms with van der Waals surface area (Å²) in [6, 6.07) is 18.1. The Labute approximate surface area is 175 Å². The van der Waals surface area contributed by atoms with Crippen molar-refractivity contribution in [2.24, 2.45) is 0 Å². The van der Waals surface area contributed by atoms with E-state index in [1.54, 1.807) is 17.1 Å². The smallest absolute Gasteiger partial charge is 0.233 e. The summed E-state index contributed by atoms with van der Waals surface area (Å²) in [4.78, 5) is 14.3. The van der Waals surface area contributed by atoms with E-state index in [0.29, 0.717) is 18.2 Å². The highest BCUT2D eigenvalue weighted by Crippen LogP contribution is 2.28. The van der Waals surface area contributed by atoms with Crippen LogP contribution in [0.3, 0.4) is 0 Å². The normalized spacial score (nSPS) is 10.5. The zero-order valence-electron chi connectivity index (χ0n) is 16.5. The molecule has 148 valence electrons. The molecule has 0 saturated heterocycles. The molecule has 0 bridgehead atoms. The van der Waals surface area contributed by atoms with Crippen LogP contribution in [0.2, 0.25) is 0 Å². The first-order chi connectivity index (χ1) is 14.1. The van der Waals surface area contributed by atoms with E-state index in [1.165, 1.54) is 17.3 Å². The number of benzene rings is 2. The van der Waals surface area contributed by atoms with Gasteiger partial charge in [0, 0.05) is 24.3 Å². The second-order valence-electron chi connectivity index (χ2n) is 6.51. The molecule has 0 saturated carbocycles. The molecule has 0 N–H and O–H groups in total. The van der Waals surface area contributed by atoms with Crippen LogP contribution in [0, 0.1) is 6.92 Å². The fraction of sp³-hybridized carbons (Fsp3) is 0.174. The number of hydrogen-bond donors (Lipinski definition) is 0. The van der Waals surface area contributed by atoms with Crippen molar-refractivity contribution in [3.05, 3.63) is 85.5 Å². The fourth-order valence-electron chi connectivity index (χ4n) is 2.87. The van der Waals surface area contributed by atoms with Gasteiger partial charge in [-0.25, -0.2) is 0 Å². The van der Waals surface area contributed by atoms with Crippen LogP contribution in [0.1, 0.15) is 5.56 Å². The van der Waals surface area contributed by atoms with Crippen LogP contribution in [0.25, 0.3) is 17.1 Å². The van der Waals surface area contributed by atoms with Crippen molar-refractivity contribution in [1.82, 2.24) is 19.7 Å². The molecule has 0 aliphatic carbocycles. The van der Waals surface area contributed by atoms with Gasteiger partial charge < -0.3 is 4.90 Å². The first-order valence-electron chi connectivity index (χ1n) is 9.34. The molecule has 1 aromatic heterocycles. The second-order valence-corrected chi connectivity index (χ2v) is 7.45. The van der Waals surface area contributed by atoms with Crippen molar-refractivity contribution >= 4 is 17.7 Å². The Morgan fingerprint density at radius 1 is 1.03 bits per heavy atom. The number of carbonyl (C=O) groups excluding carboxylic acids is 1. The van der Waals surface area contributed by atoms with Gasteiger partial charge in [-0.3, -0.25) is 9.36 Å². The van der Waals surface area contributed by atoms with Crippen molar-refractivity contribution in [2.45, 2.75) is 12.1 Å². The van der Waals surface area contributed by atoms with Gasteiger partial charge in [-0.1, -0.05) is 71.9 Å². The molecule has 0 atom stereocenters. The molecule has 29 heavy (non-hydrogen) atoms. The van der Waals surface area contributed by atoms with Crippen molar-refractivity contribution in [3.63, 3.8) is 0 Å². The van der Waals surface area contributed by atoms with E-state index in [-0.39, 0.29) is 11.7 Å². The SMILES string of the molecule is C=CCN(CC=C)C(=O)CSc1nnc(-c2ccccc2)n1-c1ccc(C)cc1. The van der Waals surface area contributed by atoms with Gasteiger partial charge in [0.25, 0.3) is 0 Å². The molecule has 0 fully saturated rings. The van der Waals surface area contributed by atoms with Crippen LogP contribution in [0.4, 0.5) is 0 Å². The van der Waals surface area contributed by atoms with Crippen molar-refractivity contribution in [2.75, 3.05) is 18.8 Å². The molecule has 5 nitrogen and oxygen atoms in total. The van der Waals surface area contributed by atoms with Gasteiger partial charge in [0.2, 0.25) is 5.91 Å². The summed E-state index contributed by atoms with van der Waals surface area (Å²) >= 11 is 1.38. The van der Waals surface area contributed by atoms with Crippen LogP contribution < -0.4 is 0 Å². The van der Waals surface area contributed by atoms with E-state index in [0.717, 1.165) is 17.1 Å². The Kier molecular flexibility index (Phi) is 7.03. The van der Waals surface area contributed by atoms with Crippen LogP contribution in [0.15, 0.2) is 85.1 Å². The van der Waals surface area contributed by atoms with Crippen LogP contribution in [0.5, 0.6) is 0 Å². The maximum atomic E-state index is 12.6. The minimum atomic E-state index is 0.00881. The third-order valence-corrected chi connectivity index (χ3v) is 5.25.